The zero-order valence-corrected chi connectivity index (χ0v) is 15.7. The van der Waals surface area contributed by atoms with Crippen LogP contribution in [0, 0.1) is 0 Å². The topological polar surface area (TPSA) is 34.0 Å². The third-order valence-corrected chi connectivity index (χ3v) is 4.24. The molecule has 0 radical (unpaired) electrons. The first-order chi connectivity index (χ1) is 12.2. The van der Waals surface area contributed by atoms with Crippen LogP contribution in [0.4, 0.5) is 11.4 Å². The minimum absolute atomic E-state index is 0.295. The summed E-state index contributed by atoms with van der Waals surface area (Å²) in [5.41, 5.74) is 3.08. The predicted octanol–water partition coefficient (Wildman–Crippen LogP) is 7.40. The number of azo groups is 1. The molecule has 0 N–H and O–H groups in total. The minimum atomic E-state index is 0.295. The molecule has 1 unspecified atom stereocenters. The van der Waals surface area contributed by atoms with E-state index in [1.165, 1.54) is 18.4 Å². The Balaban J connectivity index is 1.92. The van der Waals surface area contributed by atoms with E-state index in [9.17, 15) is 0 Å². The smallest absolute Gasteiger partial charge is 0.119 e. The van der Waals surface area contributed by atoms with Crippen molar-refractivity contribution in [2.24, 2.45) is 10.2 Å². The van der Waals surface area contributed by atoms with E-state index in [0.717, 1.165) is 42.8 Å². The lowest BCUT2D eigenvalue weighted by Crippen LogP contribution is -2.14. The van der Waals surface area contributed by atoms with Crippen molar-refractivity contribution in [2.75, 3.05) is 0 Å². The number of benzene rings is 2. The highest BCUT2D eigenvalue weighted by molar-refractivity contribution is 5.43. The van der Waals surface area contributed by atoms with E-state index in [1.54, 1.807) is 0 Å². The first kappa shape index (κ1) is 19.2. The highest BCUT2D eigenvalue weighted by Gasteiger charge is 2.06. The lowest BCUT2D eigenvalue weighted by Gasteiger charge is -2.16. The van der Waals surface area contributed by atoms with Gasteiger partial charge in [-0.2, -0.15) is 10.2 Å². The fourth-order valence-corrected chi connectivity index (χ4v) is 2.68. The maximum atomic E-state index is 5.99. The van der Waals surface area contributed by atoms with Crippen molar-refractivity contribution >= 4 is 11.4 Å². The van der Waals surface area contributed by atoms with Gasteiger partial charge in [0.2, 0.25) is 0 Å². The summed E-state index contributed by atoms with van der Waals surface area (Å²) in [6.45, 7) is 6.56. The Morgan fingerprint density at radius 3 is 1.92 bits per heavy atom. The minimum Gasteiger partial charge on any atom is -0.490 e. The number of rotatable bonds is 10. The summed E-state index contributed by atoms with van der Waals surface area (Å²) in [7, 11) is 0. The zero-order valence-electron chi connectivity index (χ0n) is 15.7. The number of aryl methyl sites for hydroxylation is 1. The molecule has 0 heterocycles. The highest BCUT2D eigenvalue weighted by Crippen LogP contribution is 2.23. The van der Waals surface area contributed by atoms with Crippen LogP contribution in [0.2, 0.25) is 0 Å². The van der Waals surface area contributed by atoms with Crippen molar-refractivity contribution in [3.8, 4) is 5.75 Å². The average molecular weight is 338 g/mol. The van der Waals surface area contributed by atoms with Crippen LogP contribution < -0.4 is 4.74 Å². The van der Waals surface area contributed by atoms with Gasteiger partial charge in [0.1, 0.15) is 5.75 Å². The van der Waals surface area contributed by atoms with Gasteiger partial charge in [0.15, 0.2) is 0 Å². The van der Waals surface area contributed by atoms with Crippen molar-refractivity contribution in [3.63, 3.8) is 0 Å². The Kier molecular flexibility index (Phi) is 8.17. The Hall–Kier alpha value is -2.16. The Labute approximate surface area is 152 Å². The van der Waals surface area contributed by atoms with Crippen molar-refractivity contribution < 1.29 is 4.74 Å². The maximum absolute atomic E-state index is 5.99. The quantitative estimate of drug-likeness (QED) is 0.415. The van der Waals surface area contributed by atoms with Crippen LogP contribution in [0.15, 0.2) is 58.8 Å². The Bertz CT molecular complexity index is 632. The molecule has 3 heteroatoms. The molecular formula is C22H30N2O. The number of nitrogens with zero attached hydrogens (tertiary/aromatic N) is 2. The van der Waals surface area contributed by atoms with Gasteiger partial charge >= 0.3 is 0 Å². The van der Waals surface area contributed by atoms with Crippen LogP contribution in [0.1, 0.15) is 58.4 Å². The summed E-state index contributed by atoms with van der Waals surface area (Å²) >= 11 is 0. The summed E-state index contributed by atoms with van der Waals surface area (Å²) in [6.07, 6.45) is 7.14. The molecule has 0 saturated heterocycles. The summed E-state index contributed by atoms with van der Waals surface area (Å²) in [6, 6.07) is 16.2. The lowest BCUT2D eigenvalue weighted by atomic mass is 10.1. The monoisotopic (exact) mass is 338 g/mol. The molecule has 0 amide bonds. The second-order valence-corrected chi connectivity index (χ2v) is 6.40. The normalized spacial score (nSPS) is 12.4. The molecule has 0 saturated carbocycles. The van der Waals surface area contributed by atoms with Gasteiger partial charge < -0.3 is 4.74 Å². The van der Waals surface area contributed by atoms with Crippen molar-refractivity contribution in [1.82, 2.24) is 0 Å². The molecule has 0 aliphatic heterocycles. The first-order valence-electron chi connectivity index (χ1n) is 9.52. The van der Waals surface area contributed by atoms with Gasteiger partial charge in [-0.05, 0) is 67.6 Å². The maximum Gasteiger partial charge on any atom is 0.119 e. The molecule has 2 aromatic rings. The fraction of sp³-hybridized carbons (Fsp3) is 0.455. The molecule has 0 spiro atoms. The van der Waals surface area contributed by atoms with E-state index < -0.39 is 0 Å². The fourth-order valence-electron chi connectivity index (χ4n) is 2.68. The molecule has 2 rings (SSSR count). The van der Waals surface area contributed by atoms with Gasteiger partial charge in [0, 0.05) is 0 Å². The largest absolute Gasteiger partial charge is 0.490 e. The van der Waals surface area contributed by atoms with E-state index >= 15 is 0 Å². The molecule has 134 valence electrons. The van der Waals surface area contributed by atoms with Crippen LogP contribution in [-0.4, -0.2) is 6.10 Å². The predicted molar refractivity (Wildman–Crippen MR) is 105 cm³/mol. The van der Waals surface area contributed by atoms with Gasteiger partial charge in [-0.25, -0.2) is 0 Å². The van der Waals surface area contributed by atoms with Gasteiger partial charge in [-0.1, -0.05) is 45.7 Å². The van der Waals surface area contributed by atoms with E-state index in [0.29, 0.717) is 6.10 Å². The highest BCUT2D eigenvalue weighted by atomic mass is 16.5. The number of ether oxygens (including phenoxy) is 1. The molecule has 0 bridgehead atoms. The summed E-state index contributed by atoms with van der Waals surface area (Å²) in [5, 5.41) is 8.63. The number of hydrogen-bond acceptors (Lipinski definition) is 3. The van der Waals surface area contributed by atoms with Crippen molar-refractivity contribution in [3.05, 3.63) is 54.1 Å². The summed E-state index contributed by atoms with van der Waals surface area (Å²) < 4.78 is 5.99. The molecule has 25 heavy (non-hydrogen) atoms. The average Bonchev–Trinajstić information content (AvgIpc) is 2.66. The van der Waals surface area contributed by atoms with Gasteiger partial charge in [0.05, 0.1) is 17.5 Å². The molecule has 0 aromatic heterocycles. The molecule has 0 aliphatic carbocycles. The van der Waals surface area contributed by atoms with E-state index in [2.05, 4.69) is 43.1 Å². The Morgan fingerprint density at radius 1 is 0.800 bits per heavy atom. The van der Waals surface area contributed by atoms with Crippen molar-refractivity contribution in [2.45, 2.75) is 65.4 Å². The summed E-state index contributed by atoms with van der Waals surface area (Å²) in [5.74, 6) is 0.902. The van der Waals surface area contributed by atoms with Crippen molar-refractivity contribution in [1.29, 1.82) is 0 Å². The first-order valence-corrected chi connectivity index (χ1v) is 9.52. The summed E-state index contributed by atoms with van der Waals surface area (Å²) in [4.78, 5) is 0. The van der Waals surface area contributed by atoms with Gasteiger partial charge in [0.25, 0.3) is 0 Å². The SMILES string of the molecule is CCCCc1ccc(N=Nc2ccc(OC(CC)CCC)cc2)cc1. The van der Waals surface area contributed by atoms with E-state index in [4.69, 9.17) is 4.74 Å². The molecular weight excluding hydrogens is 308 g/mol. The zero-order chi connectivity index (χ0) is 17.9. The number of unbranched alkanes of at least 4 members (excludes halogenated alkanes) is 1. The lowest BCUT2D eigenvalue weighted by molar-refractivity contribution is 0.186. The Morgan fingerprint density at radius 2 is 1.40 bits per heavy atom. The molecule has 3 nitrogen and oxygen atoms in total. The standard InChI is InChI=1S/C22H30N2O/c1-4-7-9-18-10-12-19(13-11-18)23-24-20-14-16-22(17-15-20)25-21(6-3)8-5-2/h10-17,21H,4-9H2,1-3H3. The van der Waals surface area contributed by atoms with Crippen LogP contribution in [0.3, 0.4) is 0 Å². The molecule has 0 aliphatic rings. The van der Waals surface area contributed by atoms with Gasteiger partial charge in [-0.15, -0.1) is 0 Å². The number of hydrogen-bond donors (Lipinski definition) is 0. The van der Waals surface area contributed by atoms with Crippen LogP contribution in [-0.2, 0) is 6.42 Å². The van der Waals surface area contributed by atoms with Gasteiger partial charge in [-0.3, -0.25) is 0 Å². The van der Waals surface area contributed by atoms with E-state index in [1.807, 2.05) is 36.4 Å². The van der Waals surface area contributed by atoms with Crippen LogP contribution in [0.25, 0.3) is 0 Å². The molecule has 2 aromatic carbocycles. The molecule has 1 atom stereocenters. The van der Waals surface area contributed by atoms with E-state index in [-0.39, 0.29) is 0 Å². The van der Waals surface area contributed by atoms with Crippen LogP contribution >= 0.6 is 0 Å². The van der Waals surface area contributed by atoms with Crippen LogP contribution in [0.5, 0.6) is 5.75 Å². The third-order valence-electron chi connectivity index (χ3n) is 4.24. The molecule has 0 fully saturated rings. The second kappa shape index (κ2) is 10.7. The second-order valence-electron chi connectivity index (χ2n) is 6.40. The third kappa shape index (κ3) is 6.69.